The van der Waals surface area contributed by atoms with Crippen LogP contribution in [0.25, 0.3) is 0 Å². The van der Waals surface area contributed by atoms with Crippen molar-refractivity contribution in [2.24, 2.45) is 5.10 Å². The number of nitro benzene ring substituents is 1. The first kappa shape index (κ1) is 19.2. The fourth-order valence-corrected chi connectivity index (χ4v) is 2.10. The van der Waals surface area contributed by atoms with Crippen molar-refractivity contribution in [3.05, 3.63) is 62.1 Å². The summed E-state index contributed by atoms with van der Waals surface area (Å²) in [5, 5.41) is 28.0. The zero-order chi connectivity index (χ0) is 19.3. The third-order valence-corrected chi connectivity index (χ3v) is 3.78. The number of hydrazone groups is 1. The summed E-state index contributed by atoms with van der Waals surface area (Å²) in [6, 6.07) is 7.75. The number of nitro groups is 1. The van der Waals surface area contributed by atoms with E-state index in [1.54, 1.807) is 0 Å². The molecule has 0 spiro atoms. The number of anilines is 1. The lowest BCUT2D eigenvalue weighted by atomic mass is 10.2. The van der Waals surface area contributed by atoms with Crippen molar-refractivity contribution in [2.45, 2.75) is 0 Å². The summed E-state index contributed by atoms with van der Waals surface area (Å²) in [5.74, 6) is -2.91. The molecule has 0 aliphatic heterocycles. The third-order valence-electron chi connectivity index (χ3n) is 2.97. The minimum atomic E-state index is -1.10. The van der Waals surface area contributed by atoms with Crippen molar-refractivity contribution in [3.63, 3.8) is 0 Å². The fraction of sp³-hybridized carbons (Fsp3) is 0. The first-order valence-electron chi connectivity index (χ1n) is 6.83. The van der Waals surface area contributed by atoms with Gasteiger partial charge < -0.3 is 10.4 Å². The minimum Gasteiger partial charge on any atom is -0.868 e. The van der Waals surface area contributed by atoms with Crippen molar-refractivity contribution in [3.8, 4) is 5.75 Å². The van der Waals surface area contributed by atoms with Crippen LogP contribution in [0.3, 0.4) is 0 Å². The fourth-order valence-electron chi connectivity index (χ4n) is 1.75. The molecule has 0 saturated carbocycles. The zero-order valence-electron chi connectivity index (χ0n) is 12.7. The van der Waals surface area contributed by atoms with Crippen molar-refractivity contribution in [1.29, 1.82) is 0 Å². The monoisotopic (exact) mass is 395 g/mol. The predicted octanol–water partition coefficient (Wildman–Crippen LogP) is 2.06. The molecule has 0 aliphatic carbocycles. The summed E-state index contributed by atoms with van der Waals surface area (Å²) in [7, 11) is 0. The van der Waals surface area contributed by atoms with Gasteiger partial charge in [0.2, 0.25) is 0 Å². The van der Waals surface area contributed by atoms with E-state index in [4.69, 9.17) is 23.2 Å². The number of carbonyl (C=O) groups is 2. The Morgan fingerprint density at radius 1 is 1.15 bits per heavy atom. The molecule has 0 radical (unpaired) electrons. The predicted molar refractivity (Wildman–Crippen MR) is 93.4 cm³/mol. The van der Waals surface area contributed by atoms with Crippen LogP contribution < -0.4 is 15.8 Å². The summed E-state index contributed by atoms with van der Waals surface area (Å²) in [6.07, 6.45) is 1.05. The molecule has 0 fully saturated rings. The Bertz CT molecular complexity index is 917. The van der Waals surface area contributed by atoms with Gasteiger partial charge in [0.15, 0.2) is 0 Å². The molecular formula is C15H9Cl2N4O5-. The van der Waals surface area contributed by atoms with Gasteiger partial charge in [0.25, 0.3) is 5.69 Å². The molecule has 9 nitrogen and oxygen atoms in total. The van der Waals surface area contributed by atoms with Crippen molar-refractivity contribution < 1.29 is 19.6 Å². The van der Waals surface area contributed by atoms with Crippen molar-refractivity contribution >= 4 is 52.6 Å². The molecule has 0 heterocycles. The van der Waals surface area contributed by atoms with E-state index >= 15 is 0 Å². The minimum absolute atomic E-state index is 0.0730. The molecule has 0 unspecified atom stereocenters. The van der Waals surface area contributed by atoms with Gasteiger partial charge in [-0.05, 0) is 17.9 Å². The molecule has 0 saturated heterocycles. The normalized spacial score (nSPS) is 10.5. The van der Waals surface area contributed by atoms with Gasteiger partial charge in [0, 0.05) is 11.6 Å². The Morgan fingerprint density at radius 2 is 1.88 bits per heavy atom. The number of rotatable bonds is 4. The molecule has 2 aromatic rings. The van der Waals surface area contributed by atoms with E-state index in [0.717, 1.165) is 18.3 Å². The summed E-state index contributed by atoms with van der Waals surface area (Å²) in [5.41, 5.74) is 1.65. The van der Waals surface area contributed by atoms with E-state index < -0.39 is 28.2 Å². The molecule has 11 heteroatoms. The van der Waals surface area contributed by atoms with Crippen LogP contribution in [-0.2, 0) is 9.59 Å². The summed E-state index contributed by atoms with van der Waals surface area (Å²) >= 11 is 11.7. The van der Waals surface area contributed by atoms with Crippen LogP contribution in [0, 0.1) is 10.1 Å². The highest BCUT2D eigenvalue weighted by Crippen LogP contribution is 2.29. The van der Waals surface area contributed by atoms with E-state index in [1.165, 1.54) is 24.3 Å². The SMILES string of the molecule is O=C(N/N=C\c1ccc([O-])c([N+](=O)[O-])c1)C(=O)Nc1cccc(Cl)c1Cl. The quantitative estimate of drug-likeness (QED) is 0.353. The van der Waals surface area contributed by atoms with Crippen LogP contribution in [0.15, 0.2) is 41.5 Å². The van der Waals surface area contributed by atoms with Gasteiger partial charge in [-0.1, -0.05) is 41.4 Å². The zero-order valence-corrected chi connectivity index (χ0v) is 14.2. The molecule has 0 atom stereocenters. The molecule has 2 N–H and O–H groups in total. The second-order valence-electron chi connectivity index (χ2n) is 4.74. The van der Waals surface area contributed by atoms with Crippen LogP contribution >= 0.6 is 23.2 Å². The number of nitrogens with one attached hydrogen (secondary N) is 2. The lowest BCUT2D eigenvalue weighted by Crippen LogP contribution is -2.32. The van der Waals surface area contributed by atoms with Crippen molar-refractivity contribution in [1.82, 2.24) is 5.43 Å². The van der Waals surface area contributed by atoms with E-state index in [1.807, 2.05) is 5.43 Å². The van der Waals surface area contributed by atoms with Crippen molar-refractivity contribution in [2.75, 3.05) is 5.32 Å². The maximum atomic E-state index is 11.8. The average molecular weight is 396 g/mol. The van der Waals surface area contributed by atoms with Crippen LogP contribution in [0.1, 0.15) is 5.56 Å². The molecule has 134 valence electrons. The summed E-state index contributed by atoms with van der Waals surface area (Å²) in [4.78, 5) is 33.3. The standard InChI is InChI=1S/C15H10Cl2N4O5/c16-9-2-1-3-10(13(9)17)19-14(23)15(24)20-18-7-8-4-5-12(22)11(6-8)21(25)26/h1-7,22H,(H,19,23)(H,20,24)/p-1/b18-7-. The second-order valence-corrected chi connectivity index (χ2v) is 5.52. The molecule has 0 aliphatic rings. The Balaban J connectivity index is 2.00. The van der Waals surface area contributed by atoms with Crippen LogP contribution in [0.4, 0.5) is 11.4 Å². The van der Waals surface area contributed by atoms with Gasteiger partial charge in [-0.2, -0.15) is 5.10 Å². The van der Waals surface area contributed by atoms with Crippen LogP contribution in [0.5, 0.6) is 5.75 Å². The molecule has 0 aromatic heterocycles. The largest absolute Gasteiger partial charge is 0.868 e. The lowest BCUT2D eigenvalue weighted by Gasteiger charge is -2.07. The highest BCUT2D eigenvalue weighted by molar-refractivity contribution is 6.45. The molecule has 2 aromatic carbocycles. The van der Waals surface area contributed by atoms with Gasteiger partial charge in [-0.25, -0.2) is 5.43 Å². The smallest absolute Gasteiger partial charge is 0.329 e. The molecule has 0 bridgehead atoms. The first-order chi connectivity index (χ1) is 12.3. The molecule has 2 rings (SSSR count). The Kier molecular flexibility index (Phi) is 6.10. The van der Waals surface area contributed by atoms with Crippen LogP contribution in [0.2, 0.25) is 10.0 Å². The number of hydrogen-bond acceptors (Lipinski definition) is 6. The van der Waals surface area contributed by atoms with E-state index in [-0.39, 0.29) is 21.3 Å². The van der Waals surface area contributed by atoms with Gasteiger partial charge in [0.05, 0.1) is 26.9 Å². The van der Waals surface area contributed by atoms with Gasteiger partial charge in [-0.3, -0.25) is 19.7 Å². The summed E-state index contributed by atoms with van der Waals surface area (Å²) < 4.78 is 0. The Hall–Kier alpha value is -3.17. The van der Waals surface area contributed by atoms with Gasteiger partial charge in [-0.15, -0.1) is 0 Å². The highest BCUT2D eigenvalue weighted by Gasteiger charge is 2.15. The maximum Gasteiger partial charge on any atom is 0.329 e. The Labute approximate surface area is 156 Å². The molecular weight excluding hydrogens is 387 g/mol. The Morgan fingerprint density at radius 3 is 2.58 bits per heavy atom. The third kappa shape index (κ3) is 4.68. The number of nitrogens with zero attached hydrogens (tertiary/aromatic N) is 2. The number of carbonyl (C=O) groups excluding carboxylic acids is 2. The molecule has 26 heavy (non-hydrogen) atoms. The van der Waals surface area contributed by atoms with Gasteiger partial charge in [0.1, 0.15) is 0 Å². The maximum absolute atomic E-state index is 11.8. The number of halogens is 2. The van der Waals surface area contributed by atoms with E-state index in [9.17, 15) is 24.8 Å². The average Bonchev–Trinajstić information content (AvgIpc) is 2.60. The second kappa shape index (κ2) is 8.28. The summed E-state index contributed by atoms with van der Waals surface area (Å²) in [6.45, 7) is 0. The topological polar surface area (TPSA) is 137 Å². The number of benzene rings is 2. The van der Waals surface area contributed by atoms with Crippen LogP contribution in [-0.4, -0.2) is 23.0 Å². The van der Waals surface area contributed by atoms with Gasteiger partial charge >= 0.3 is 11.8 Å². The lowest BCUT2D eigenvalue weighted by molar-refractivity contribution is -0.398. The van der Waals surface area contributed by atoms with E-state index in [2.05, 4.69) is 10.4 Å². The number of amides is 2. The first-order valence-corrected chi connectivity index (χ1v) is 7.59. The molecule has 2 amide bonds. The number of hydrogen-bond donors (Lipinski definition) is 2. The van der Waals surface area contributed by atoms with E-state index in [0.29, 0.717) is 0 Å². The highest BCUT2D eigenvalue weighted by atomic mass is 35.5.